The number of alkyl halides is 3. The van der Waals surface area contributed by atoms with Gasteiger partial charge in [0.15, 0.2) is 0 Å². The van der Waals surface area contributed by atoms with Gasteiger partial charge in [0.1, 0.15) is 6.04 Å². The summed E-state index contributed by atoms with van der Waals surface area (Å²) in [6.45, 7) is 1.48. The molecule has 31 heavy (non-hydrogen) atoms. The molecule has 162 valence electrons. The van der Waals surface area contributed by atoms with Gasteiger partial charge in [0.05, 0.1) is 12.0 Å². The maximum absolute atomic E-state index is 13.3. The lowest BCUT2D eigenvalue weighted by Gasteiger charge is -2.15. The zero-order valence-electron chi connectivity index (χ0n) is 16.2. The van der Waals surface area contributed by atoms with Crippen LogP contribution in [0.3, 0.4) is 0 Å². The van der Waals surface area contributed by atoms with Crippen LogP contribution in [0.2, 0.25) is 5.02 Å². The third kappa shape index (κ3) is 4.72. The van der Waals surface area contributed by atoms with Crippen LogP contribution in [0, 0.1) is 0 Å². The van der Waals surface area contributed by atoms with Gasteiger partial charge in [-0.2, -0.15) is 13.2 Å². The van der Waals surface area contributed by atoms with Crippen molar-refractivity contribution in [2.24, 2.45) is 5.73 Å². The highest BCUT2D eigenvalue weighted by Gasteiger charge is 2.34. The van der Waals surface area contributed by atoms with E-state index in [2.05, 4.69) is 5.32 Å². The molecule has 1 unspecified atom stereocenters. The molecule has 0 aliphatic carbocycles. The van der Waals surface area contributed by atoms with E-state index < -0.39 is 41.6 Å². The third-order valence-electron chi connectivity index (χ3n) is 4.80. The van der Waals surface area contributed by atoms with Crippen LogP contribution >= 0.6 is 11.6 Å². The highest BCUT2D eigenvalue weighted by molar-refractivity contribution is 6.30. The van der Waals surface area contributed by atoms with Crippen LogP contribution in [0.25, 0.3) is 10.8 Å². The van der Waals surface area contributed by atoms with Gasteiger partial charge in [0, 0.05) is 27.7 Å². The van der Waals surface area contributed by atoms with Crippen LogP contribution in [-0.2, 0) is 22.2 Å². The maximum atomic E-state index is 13.3. The Hall–Kier alpha value is -3.33. The van der Waals surface area contributed by atoms with Gasteiger partial charge in [-0.1, -0.05) is 23.7 Å². The fraction of sp³-hybridized carbons (Fsp3) is 0.190. The smallest absolute Gasteiger partial charge is 0.368 e. The van der Waals surface area contributed by atoms with Crippen LogP contribution in [0.1, 0.15) is 24.1 Å². The number of halogens is 4. The monoisotopic (exact) mass is 451 g/mol. The summed E-state index contributed by atoms with van der Waals surface area (Å²) in [5.74, 6) is -1.38. The van der Waals surface area contributed by atoms with Crippen molar-refractivity contribution < 1.29 is 22.8 Å². The second-order valence-electron chi connectivity index (χ2n) is 6.90. The number of fused-ring (bicyclic) bond motifs is 1. The summed E-state index contributed by atoms with van der Waals surface area (Å²) in [5, 5.41) is 3.05. The van der Waals surface area contributed by atoms with Gasteiger partial charge in [-0.05, 0) is 42.8 Å². The molecule has 0 radical (unpaired) electrons. The van der Waals surface area contributed by atoms with Crippen LogP contribution in [-0.4, -0.2) is 16.4 Å². The van der Waals surface area contributed by atoms with Gasteiger partial charge in [-0.15, -0.1) is 0 Å². The fourth-order valence-electron chi connectivity index (χ4n) is 3.18. The minimum absolute atomic E-state index is 0.0907. The highest BCUT2D eigenvalue weighted by atomic mass is 35.5. The first-order valence-corrected chi connectivity index (χ1v) is 9.45. The van der Waals surface area contributed by atoms with Gasteiger partial charge < -0.3 is 15.6 Å². The molecule has 2 amide bonds. The molecule has 1 atom stereocenters. The minimum Gasteiger partial charge on any atom is -0.368 e. The predicted molar refractivity (Wildman–Crippen MR) is 111 cm³/mol. The molecule has 6 nitrogen and oxygen atoms in total. The van der Waals surface area contributed by atoms with Crippen molar-refractivity contribution in [3.63, 3.8) is 0 Å². The number of nitrogens with two attached hydrogens (primary N) is 1. The Bertz CT molecular complexity index is 1240. The number of pyridine rings is 1. The fourth-order valence-corrected chi connectivity index (χ4v) is 3.35. The Balaban J connectivity index is 1.93. The van der Waals surface area contributed by atoms with E-state index in [1.165, 1.54) is 48.0 Å². The average Bonchev–Trinajstić information content (AvgIpc) is 2.69. The summed E-state index contributed by atoms with van der Waals surface area (Å²) in [5.41, 5.74) is 3.80. The van der Waals surface area contributed by atoms with Crippen LogP contribution in [0.15, 0.2) is 53.5 Å². The van der Waals surface area contributed by atoms with Crippen molar-refractivity contribution in [3.05, 3.63) is 75.2 Å². The normalized spacial score (nSPS) is 12.5. The molecule has 2 aromatic carbocycles. The van der Waals surface area contributed by atoms with Gasteiger partial charge in [0.2, 0.25) is 11.8 Å². The molecule has 0 saturated heterocycles. The molecule has 0 fully saturated rings. The summed E-state index contributed by atoms with van der Waals surface area (Å²) in [6.07, 6.45) is -3.84. The van der Waals surface area contributed by atoms with Crippen molar-refractivity contribution in [1.29, 1.82) is 0 Å². The van der Waals surface area contributed by atoms with E-state index in [0.29, 0.717) is 5.39 Å². The van der Waals surface area contributed by atoms with Gasteiger partial charge in [0.25, 0.3) is 5.56 Å². The number of aromatic nitrogens is 1. The van der Waals surface area contributed by atoms with Gasteiger partial charge in [-0.3, -0.25) is 14.4 Å². The van der Waals surface area contributed by atoms with E-state index >= 15 is 0 Å². The number of benzene rings is 2. The zero-order chi connectivity index (χ0) is 22.9. The number of rotatable bonds is 5. The van der Waals surface area contributed by atoms with E-state index in [0.717, 1.165) is 12.1 Å². The molecule has 3 rings (SSSR count). The number of hydrogen-bond donors (Lipinski definition) is 2. The second-order valence-corrected chi connectivity index (χ2v) is 7.33. The Labute approximate surface area is 179 Å². The van der Waals surface area contributed by atoms with E-state index in [1.807, 2.05) is 0 Å². The molecule has 0 saturated carbocycles. The van der Waals surface area contributed by atoms with Crippen LogP contribution < -0.4 is 16.6 Å². The van der Waals surface area contributed by atoms with Crippen molar-refractivity contribution in [3.8, 4) is 0 Å². The number of amides is 2. The van der Waals surface area contributed by atoms with Gasteiger partial charge >= 0.3 is 6.18 Å². The number of carbonyl (C=O) groups is 2. The largest absolute Gasteiger partial charge is 0.416 e. The lowest BCUT2D eigenvalue weighted by molar-refractivity contribution is -0.138. The Morgan fingerprint density at radius 1 is 1.16 bits per heavy atom. The summed E-state index contributed by atoms with van der Waals surface area (Å²) >= 11 is 5.66. The molecule has 0 bridgehead atoms. The zero-order valence-corrected chi connectivity index (χ0v) is 16.9. The standard InChI is InChI=1S/C21H17ClF3N3O3/c1-11(19(26)30)28-8-7-14-15(20(28)31)3-2-4-17(14)27-18(29)9-12-5-6-13(22)10-16(12)21(23,24)25/h2-8,10-11H,9H2,1H3,(H2,26,30)(H,27,29). The first kappa shape index (κ1) is 22.4. The molecule has 1 heterocycles. The van der Waals surface area contributed by atoms with Gasteiger partial charge in [-0.25, -0.2) is 0 Å². The first-order chi connectivity index (χ1) is 14.5. The molecule has 3 N–H and O–H groups in total. The predicted octanol–water partition coefficient (Wildman–Crippen LogP) is 3.90. The van der Waals surface area contributed by atoms with Crippen molar-refractivity contribution in [1.82, 2.24) is 4.57 Å². The topological polar surface area (TPSA) is 94.2 Å². The molecule has 1 aromatic heterocycles. The number of hydrogen-bond acceptors (Lipinski definition) is 3. The van der Waals surface area contributed by atoms with E-state index in [-0.39, 0.29) is 21.7 Å². The van der Waals surface area contributed by atoms with E-state index in [9.17, 15) is 27.6 Å². The summed E-state index contributed by atoms with van der Waals surface area (Å²) < 4.78 is 40.9. The Kier molecular flexibility index (Phi) is 6.08. The molecular formula is C21H17ClF3N3O3. The minimum atomic E-state index is -4.66. The molecule has 0 aliphatic heterocycles. The summed E-state index contributed by atoms with van der Waals surface area (Å²) in [7, 11) is 0. The highest BCUT2D eigenvalue weighted by Crippen LogP contribution is 2.34. The van der Waals surface area contributed by atoms with E-state index in [4.69, 9.17) is 17.3 Å². The maximum Gasteiger partial charge on any atom is 0.416 e. The molecular weight excluding hydrogens is 435 g/mol. The summed E-state index contributed by atoms with van der Waals surface area (Å²) in [6, 6.07) is 8.40. The van der Waals surface area contributed by atoms with Crippen molar-refractivity contribution >= 4 is 39.9 Å². The number of carbonyl (C=O) groups excluding carboxylic acids is 2. The number of nitrogens with zero attached hydrogens (tertiary/aromatic N) is 1. The molecule has 3 aromatic rings. The lowest BCUT2D eigenvalue weighted by Crippen LogP contribution is -2.31. The Morgan fingerprint density at radius 3 is 2.52 bits per heavy atom. The first-order valence-electron chi connectivity index (χ1n) is 9.07. The SMILES string of the molecule is CC(C(N)=O)n1ccc2c(NC(=O)Cc3ccc(Cl)cc3C(F)(F)F)cccc2c1=O. The van der Waals surface area contributed by atoms with E-state index in [1.54, 1.807) is 0 Å². The molecule has 10 heteroatoms. The number of anilines is 1. The average molecular weight is 452 g/mol. The Morgan fingerprint density at radius 2 is 1.87 bits per heavy atom. The second kappa shape index (κ2) is 8.43. The third-order valence-corrected chi connectivity index (χ3v) is 5.04. The molecule has 0 aliphatic rings. The molecule has 0 spiro atoms. The van der Waals surface area contributed by atoms with Crippen molar-refractivity contribution in [2.75, 3.05) is 5.32 Å². The number of nitrogens with one attached hydrogen (secondary N) is 1. The van der Waals surface area contributed by atoms with Crippen LogP contribution in [0.5, 0.6) is 0 Å². The number of primary amides is 1. The summed E-state index contributed by atoms with van der Waals surface area (Å²) in [4.78, 5) is 36.6. The lowest BCUT2D eigenvalue weighted by atomic mass is 10.0. The van der Waals surface area contributed by atoms with Crippen molar-refractivity contribution in [2.45, 2.75) is 25.6 Å². The quantitative estimate of drug-likeness (QED) is 0.616. The van der Waals surface area contributed by atoms with Crippen LogP contribution in [0.4, 0.5) is 18.9 Å².